The third kappa shape index (κ3) is 5.06. The van der Waals surface area contributed by atoms with Crippen molar-refractivity contribution in [1.82, 2.24) is 4.72 Å². The van der Waals surface area contributed by atoms with Gasteiger partial charge in [-0.05, 0) is 42.5 Å². The minimum Gasteiger partial charge on any atom is -0.492 e. The van der Waals surface area contributed by atoms with Crippen LogP contribution in [0.4, 0.5) is 5.69 Å². The van der Waals surface area contributed by atoms with Gasteiger partial charge in [0.1, 0.15) is 10.6 Å². The maximum absolute atomic E-state index is 13.1. The number of carbonyl (C=O) groups excluding carboxylic acids is 1. The Kier molecular flexibility index (Phi) is 6.80. The van der Waals surface area contributed by atoms with Crippen molar-refractivity contribution in [3.8, 4) is 5.75 Å². The maximum atomic E-state index is 13.1. The van der Waals surface area contributed by atoms with Crippen molar-refractivity contribution >= 4 is 33.0 Å². The van der Waals surface area contributed by atoms with Crippen LogP contribution in [0.1, 0.15) is 38.6 Å². The minimum absolute atomic E-state index is 0.00723. The molecular weight excluding hydrogens is 372 g/mol. The van der Waals surface area contributed by atoms with E-state index in [0.29, 0.717) is 12.3 Å². The SMILES string of the molecule is CCOc1ccc(NC(C)=O)cc1S(=O)(=O)NC(c1cccs1)C(C)C. The van der Waals surface area contributed by atoms with Crippen molar-refractivity contribution in [1.29, 1.82) is 0 Å². The first-order valence-electron chi connectivity index (χ1n) is 8.34. The molecule has 6 nitrogen and oxygen atoms in total. The second kappa shape index (κ2) is 8.66. The van der Waals surface area contributed by atoms with Gasteiger partial charge in [-0.2, -0.15) is 0 Å². The number of thiophene rings is 1. The predicted molar refractivity (Wildman–Crippen MR) is 104 cm³/mol. The number of hydrogen-bond donors (Lipinski definition) is 2. The molecule has 0 aliphatic heterocycles. The number of sulfonamides is 1. The lowest BCUT2D eigenvalue weighted by atomic mass is 10.0. The highest BCUT2D eigenvalue weighted by molar-refractivity contribution is 7.89. The Hall–Kier alpha value is -1.90. The Morgan fingerprint density at radius 1 is 1.27 bits per heavy atom. The van der Waals surface area contributed by atoms with Gasteiger partial charge in [0.2, 0.25) is 15.9 Å². The average molecular weight is 397 g/mol. The van der Waals surface area contributed by atoms with E-state index in [1.807, 2.05) is 31.4 Å². The molecule has 2 rings (SSSR count). The Morgan fingerprint density at radius 2 is 2.00 bits per heavy atom. The van der Waals surface area contributed by atoms with Crippen molar-refractivity contribution < 1.29 is 17.9 Å². The summed E-state index contributed by atoms with van der Waals surface area (Å²) >= 11 is 1.51. The van der Waals surface area contributed by atoms with Crippen LogP contribution < -0.4 is 14.8 Å². The third-order valence-corrected chi connectivity index (χ3v) is 6.07. The quantitative estimate of drug-likeness (QED) is 0.711. The fourth-order valence-corrected chi connectivity index (χ4v) is 5.05. The van der Waals surface area contributed by atoms with E-state index >= 15 is 0 Å². The second-order valence-corrected chi connectivity index (χ2v) is 8.80. The second-order valence-electron chi connectivity index (χ2n) is 6.13. The van der Waals surface area contributed by atoms with E-state index in [4.69, 9.17) is 4.74 Å². The molecule has 1 aromatic carbocycles. The van der Waals surface area contributed by atoms with Gasteiger partial charge in [0.05, 0.1) is 12.6 Å². The van der Waals surface area contributed by atoms with Gasteiger partial charge in [0, 0.05) is 17.5 Å². The van der Waals surface area contributed by atoms with Gasteiger partial charge >= 0.3 is 0 Å². The third-order valence-electron chi connectivity index (χ3n) is 3.65. The van der Waals surface area contributed by atoms with Gasteiger partial charge in [0.25, 0.3) is 0 Å². The zero-order chi connectivity index (χ0) is 19.3. The van der Waals surface area contributed by atoms with Crippen molar-refractivity contribution in [3.05, 3.63) is 40.6 Å². The molecule has 0 fully saturated rings. The van der Waals surface area contributed by atoms with Crippen molar-refractivity contribution in [2.45, 2.75) is 38.6 Å². The lowest BCUT2D eigenvalue weighted by Gasteiger charge is -2.22. The monoisotopic (exact) mass is 396 g/mol. The number of benzene rings is 1. The summed E-state index contributed by atoms with van der Waals surface area (Å²) < 4.78 is 34.4. The van der Waals surface area contributed by atoms with E-state index in [1.165, 1.54) is 24.3 Å². The zero-order valence-electron chi connectivity index (χ0n) is 15.3. The minimum atomic E-state index is -3.86. The molecule has 0 radical (unpaired) electrons. The average Bonchev–Trinajstić information content (AvgIpc) is 3.07. The Balaban J connectivity index is 2.43. The standard InChI is InChI=1S/C18H24N2O4S2/c1-5-24-15-9-8-14(19-13(4)21)11-17(15)26(22,23)20-18(12(2)3)16-7-6-10-25-16/h6-12,18,20H,5H2,1-4H3,(H,19,21). The van der Waals surface area contributed by atoms with Gasteiger partial charge in [0.15, 0.2) is 0 Å². The summed E-state index contributed by atoms with van der Waals surface area (Å²) in [7, 11) is -3.86. The first-order valence-corrected chi connectivity index (χ1v) is 10.7. The van der Waals surface area contributed by atoms with Crippen LogP contribution in [0.5, 0.6) is 5.75 Å². The van der Waals surface area contributed by atoms with Crippen LogP contribution in [0.15, 0.2) is 40.6 Å². The summed E-state index contributed by atoms with van der Waals surface area (Å²) in [6.07, 6.45) is 0. The van der Waals surface area contributed by atoms with Crippen LogP contribution in [-0.2, 0) is 14.8 Å². The van der Waals surface area contributed by atoms with Crippen molar-refractivity contribution in [3.63, 3.8) is 0 Å². The number of anilines is 1. The topological polar surface area (TPSA) is 84.5 Å². The molecular formula is C18H24N2O4S2. The first kappa shape index (κ1) is 20.4. The summed E-state index contributed by atoms with van der Waals surface area (Å²) in [5.74, 6) is 0.0457. The fraction of sp³-hybridized carbons (Fsp3) is 0.389. The van der Waals surface area contributed by atoms with E-state index in [2.05, 4.69) is 10.0 Å². The molecule has 1 atom stereocenters. The normalized spacial score (nSPS) is 12.8. The first-order chi connectivity index (χ1) is 12.2. The van der Waals surface area contributed by atoms with Crippen LogP contribution in [0.2, 0.25) is 0 Å². The number of nitrogens with one attached hydrogen (secondary N) is 2. The van der Waals surface area contributed by atoms with Gasteiger partial charge in [-0.1, -0.05) is 19.9 Å². The molecule has 0 saturated carbocycles. The number of amides is 1. The number of hydrogen-bond acceptors (Lipinski definition) is 5. The van der Waals surface area contributed by atoms with E-state index in [0.717, 1.165) is 4.88 Å². The summed E-state index contributed by atoms with van der Waals surface area (Å²) in [5.41, 5.74) is 0.401. The summed E-state index contributed by atoms with van der Waals surface area (Å²) in [6.45, 7) is 7.41. The lowest BCUT2D eigenvalue weighted by molar-refractivity contribution is -0.114. The van der Waals surface area contributed by atoms with Crippen LogP contribution in [-0.4, -0.2) is 20.9 Å². The van der Waals surface area contributed by atoms with Gasteiger partial charge in [-0.3, -0.25) is 4.79 Å². The lowest BCUT2D eigenvalue weighted by Crippen LogP contribution is -2.31. The summed E-state index contributed by atoms with van der Waals surface area (Å²) in [5, 5.41) is 4.52. The van der Waals surface area contributed by atoms with Crippen LogP contribution >= 0.6 is 11.3 Å². The molecule has 0 aliphatic carbocycles. The van der Waals surface area contributed by atoms with Crippen molar-refractivity contribution in [2.75, 3.05) is 11.9 Å². The molecule has 8 heteroatoms. The van der Waals surface area contributed by atoms with E-state index in [9.17, 15) is 13.2 Å². The van der Waals surface area contributed by atoms with Gasteiger partial charge in [-0.15, -0.1) is 11.3 Å². The molecule has 0 spiro atoms. The smallest absolute Gasteiger partial charge is 0.244 e. The van der Waals surface area contributed by atoms with E-state index in [-0.39, 0.29) is 28.5 Å². The molecule has 1 heterocycles. The van der Waals surface area contributed by atoms with Crippen molar-refractivity contribution in [2.24, 2.45) is 5.92 Å². The molecule has 26 heavy (non-hydrogen) atoms. The van der Waals surface area contributed by atoms with Gasteiger partial charge < -0.3 is 10.1 Å². The number of rotatable bonds is 8. The van der Waals surface area contributed by atoms with Crippen LogP contribution in [0.3, 0.4) is 0 Å². The highest BCUT2D eigenvalue weighted by Crippen LogP contribution is 2.32. The van der Waals surface area contributed by atoms with Gasteiger partial charge in [-0.25, -0.2) is 13.1 Å². The Morgan fingerprint density at radius 3 is 2.54 bits per heavy atom. The Labute approximate surface area is 158 Å². The fourth-order valence-electron chi connectivity index (χ4n) is 2.50. The molecule has 1 aromatic heterocycles. The predicted octanol–water partition coefficient (Wildman–Crippen LogP) is 3.78. The largest absolute Gasteiger partial charge is 0.492 e. The molecule has 1 unspecified atom stereocenters. The summed E-state index contributed by atoms with van der Waals surface area (Å²) in [4.78, 5) is 12.3. The van der Waals surface area contributed by atoms with Crippen LogP contribution in [0, 0.1) is 5.92 Å². The van der Waals surface area contributed by atoms with Crippen LogP contribution in [0.25, 0.3) is 0 Å². The molecule has 0 saturated heterocycles. The molecule has 0 aliphatic rings. The molecule has 1 amide bonds. The highest BCUT2D eigenvalue weighted by Gasteiger charge is 2.27. The Bertz CT molecular complexity index is 846. The molecule has 2 N–H and O–H groups in total. The summed E-state index contributed by atoms with van der Waals surface area (Å²) in [6, 6.07) is 8.05. The number of carbonyl (C=O) groups is 1. The maximum Gasteiger partial charge on any atom is 0.244 e. The molecule has 0 bridgehead atoms. The van der Waals surface area contributed by atoms with E-state index in [1.54, 1.807) is 19.1 Å². The molecule has 142 valence electrons. The highest BCUT2D eigenvalue weighted by atomic mass is 32.2. The zero-order valence-corrected chi connectivity index (χ0v) is 16.9. The molecule has 2 aromatic rings. The van der Waals surface area contributed by atoms with E-state index < -0.39 is 10.0 Å². The number of ether oxygens (including phenoxy) is 1.